The van der Waals surface area contributed by atoms with Gasteiger partial charge in [-0.25, -0.2) is 4.98 Å². The van der Waals surface area contributed by atoms with Crippen molar-refractivity contribution in [3.63, 3.8) is 0 Å². The van der Waals surface area contributed by atoms with E-state index in [2.05, 4.69) is 28.9 Å². The van der Waals surface area contributed by atoms with Crippen LogP contribution < -0.4 is 10.6 Å². The lowest BCUT2D eigenvalue weighted by Crippen LogP contribution is -2.56. The molecule has 1 aromatic rings. The minimum absolute atomic E-state index is 0.241. The first-order valence-electron chi connectivity index (χ1n) is 6.54. The number of hydrogen-bond donors (Lipinski definition) is 1. The summed E-state index contributed by atoms with van der Waals surface area (Å²) in [5.41, 5.74) is 6.68. The molecule has 0 bridgehead atoms. The minimum Gasteiger partial charge on any atom is -0.396 e. The van der Waals surface area contributed by atoms with E-state index in [9.17, 15) is 0 Å². The maximum absolute atomic E-state index is 8.98. The molecule has 1 saturated carbocycles. The highest BCUT2D eigenvalue weighted by atomic mass is 15.2. The fourth-order valence-corrected chi connectivity index (χ4v) is 2.62. The van der Waals surface area contributed by atoms with Crippen LogP contribution in [0.1, 0.15) is 25.0 Å². The van der Waals surface area contributed by atoms with Gasteiger partial charge in [0.1, 0.15) is 11.9 Å². The summed E-state index contributed by atoms with van der Waals surface area (Å²) in [5, 5.41) is 8.98. The van der Waals surface area contributed by atoms with Crippen molar-refractivity contribution in [2.45, 2.75) is 24.8 Å². The van der Waals surface area contributed by atoms with Gasteiger partial charge >= 0.3 is 0 Å². The van der Waals surface area contributed by atoms with E-state index in [4.69, 9.17) is 11.0 Å². The zero-order valence-electron chi connectivity index (χ0n) is 11.8. The molecule has 1 heterocycles. The fraction of sp³-hybridized carbons (Fsp3) is 0.571. The van der Waals surface area contributed by atoms with Gasteiger partial charge in [-0.2, -0.15) is 5.26 Å². The summed E-state index contributed by atoms with van der Waals surface area (Å²) in [6.45, 7) is 0.918. The third kappa shape index (κ3) is 2.49. The predicted octanol–water partition coefficient (Wildman–Crippen LogP) is 1.46. The van der Waals surface area contributed by atoms with Crippen molar-refractivity contribution in [2.24, 2.45) is 0 Å². The van der Waals surface area contributed by atoms with Crippen LogP contribution in [0.25, 0.3) is 0 Å². The van der Waals surface area contributed by atoms with Gasteiger partial charge in [0.2, 0.25) is 0 Å². The van der Waals surface area contributed by atoms with Crippen molar-refractivity contribution in [2.75, 3.05) is 38.3 Å². The molecule has 102 valence electrons. The van der Waals surface area contributed by atoms with Crippen molar-refractivity contribution in [3.8, 4) is 6.07 Å². The summed E-state index contributed by atoms with van der Waals surface area (Å²) in [6, 6.07) is 5.65. The number of anilines is 2. The van der Waals surface area contributed by atoms with Crippen LogP contribution in [0.15, 0.2) is 12.1 Å². The number of nitriles is 1. The molecule has 0 atom stereocenters. The van der Waals surface area contributed by atoms with E-state index in [0.717, 1.165) is 12.4 Å². The number of nitrogen functional groups attached to an aromatic ring is 1. The van der Waals surface area contributed by atoms with Gasteiger partial charge in [-0.05, 0) is 45.5 Å². The number of nitrogens with two attached hydrogens (primary N) is 1. The molecular weight excluding hydrogens is 238 g/mol. The van der Waals surface area contributed by atoms with Crippen LogP contribution >= 0.6 is 0 Å². The molecule has 5 heteroatoms. The normalized spacial score (nSPS) is 16.8. The Bertz CT molecular complexity index is 499. The van der Waals surface area contributed by atoms with E-state index in [-0.39, 0.29) is 5.54 Å². The van der Waals surface area contributed by atoms with Crippen LogP contribution in [0.2, 0.25) is 0 Å². The van der Waals surface area contributed by atoms with Gasteiger partial charge in [-0.3, -0.25) is 0 Å². The van der Waals surface area contributed by atoms with E-state index in [1.165, 1.54) is 19.3 Å². The molecule has 0 spiro atoms. The predicted molar refractivity (Wildman–Crippen MR) is 76.9 cm³/mol. The van der Waals surface area contributed by atoms with Gasteiger partial charge in [0.15, 0.2) is 5.69 Å². The summed E-state index contributed by atoms with van der Waals surface area (Å²) in [4.78, 5) is 8.73. The Morgan fingerprint density at radius 2 is 2.05 bits per heavy atom. The molecule has 1 aliphatic carbocycles. The van der Waals surface area contributed by atoms with Gasteiger partial charge < -0.3 is 15.5 Å². The lowest BCUT2D eigenvalue weighted by atomic mass is 9.75. The summed E-state index contributed by atoms with van der Waals surface area (Å²) >= 11 is 0. The molecule has 2 rings (SSSR count). The Hall–Kier alpha value is -1.80. The van der Waals surface area contributed by atoms with E-state index in [1.54, 1.807) is 6.07 Å². The topological polar surface area (TPSA) is 69.2 Å². The molecule has 1 aromatic heterocycles. The summed E-state index contributed by atoms with van der Waals surface area (Å²) in [5.74, 6) is 0.805. The maximum Gasteiger partial charge on any atom is 0.165 e. The first-order valence-corrected chi connectivity index (χ1v) is 6.54. The highest BCUT2D eigenvalue weighted by molar-refractivity contribution is 5.55. The Balaban J connectivity index is 2.16. The van der Waals surface area contributed by atoms with Crippen LogP contribution in [0.5, 0.6) is 0 Å². The Morgan fingerprint density at radius 1 is 1.37 bits per heavy atom. The quantitative estimate of drug-likeness (QED) is 0.886. The third-order valence-corrected chi connectivity index (χ3v) is 4.17. The maximum atomic E-state index is 8.98. The number of rotatable bonds is 4. The average molecular weight is 259 g/mol. The van der Waals surface area contributed by atoms with Gasteiger partial charge in [-0.1, -0.05) is 0 Å². The third-order valence-electron chi connectivity index (χ3n) is 4.17. The molecular formula is C14H21N5. The Morgan fingerprint density at radius 3 is 2.53 bits per heavy atom. The van der Waals surface area contributed by atoms with E-state index < -0.39 is 0 Å². The van der Waals surface area contributed by atoms with Crippen LogP contribution in [0, 0.1) is 11.3 Å². The van der Waals surface area contributed by atoms with Crippen molar-refractivity contribution < 1.29 is 0 Å². The standard InChI is InChI=1S/C14H21N5/c1-18(2)14(7-4-8-14)10-19(3)13-6-5-11(16)12(9-15)17-13/h5-6H,4,7-8,10,16H2,1-3H3. The monoisotopic (exact) mass is 259 g/mol. The highest BCUT2D eigenvalue weighted by Gasteiger charge is 2.40. The van der Waals surface area contributed by atoms with Crippen molar-refractivity contribution >= 4 is 11.5 Å². The van der Waals surface area contributed by atoms with Gasteiger partial charge in [0, 0.05) is 19.1 Å². The molecule has 1 aliphatic rings. The van der Waals surface area contributed by atoms with Crippen LogP contribution in [0.3, 0.4) is 0 Å². The van der Waals surface area contributed by atoms with Crippen molar-refractivity contribution in [1.29, 1.82) is 5.26 Å². The second kappa shape index (κ2) is 5.06. The lowest BCUT2D eigenvalue weighted by Gasteiger charge is -2.49. The van der Waals surface area contributed by atoms with E-state index in [1.807, 2.05) is 19.2 Å². The number of pyridine rings is 1. The lowest BCUT2D eigenvalue weighted by molar-refractivity contribution is 0.0682. The molecule has 0 saturated heterocycles. The van der Waals surface area contributed by atoms with E-state index >= 15 is 0 Å². The second-order valence-electron chi connectivity index (χ2n) is 5.55. The molecule has 0 amide bonds. The van der Waals surface area contributed by atoms with Gasteiger partial charge in [-0.15, -0.1) is 0 Å². The minimum atomic E-state index is 0.241. The number of nitrogens with zero attached hydrogens (tertiary/aromatic N) is 4. The first kappa shape index (κ1) is 13.6. The van der Waals surface area contributed by atoms with Gasteiger partial charge in [0.25, 0.3) is 0 Å². The molecule has 0 aromatic carbocycles. The van der Waals surface area contributed by atoms with Crippen molar-refractivity contribution in [3.05, 3.63) is 17.8 Å². The van der Waals surface area contributed by atoms with Crippen LogP contribution in [-0.2, 0) is 0 Å². The summed E-state index contributed by atoms with van der Waals surface area (Å²) < 4.78 is 0. The number of hydrogen-bond acceptors (Lipinski definition) is 5. The molecule has 0 radical (unpaired) electrons. The largest absolute Gasteiger partial charge is 0.396 e. The zero-order valence-corrected chi connectivity index (χ0v) is 11.8. The second-order valence-corrected chi connectivity index (χ2v) is 5.55. The molecule has 19 heavy (non-hydrogen) atoms. The molecule has 5 nitrogen and oxygen atoms in total. The number of likely N-dealkylation sites (N-methyl/N-ethyl adjacent to an activating group) is 2. The molecule has 2 N–H and O–H groups in total. The summed E-state index contributed by atoms with van der Waals surface area (Å²) in [6.07, 6.45) is 3.71. The number of aromatic nitrogens is 1. The Kier molecular flexibility index (Phi) is 3.63. The molecule has 0 unspecified atom stereocenters. The van der Waals surface area contributed by atoms with Crippen molar-refractivity contribution in [1.82, 2.24) is 9.88 Å². The SMILES string of the molecule is CN(CC1(N(C)C)CCC1)c1ccc(N)c(C#N)n1. The highest BCUT2D eigenvalue weighted by Crippen LogP contribution is 2.37. The zero-order chi connectivity index (χ0) is 14.0. The van der Waals surface area contributed by atoms with Crippen LogP contribution in [0.4, 0.5) is 11.5 Å². The average Bonchev–Trinajstić information content (AvgIpc) is 2.33. The van der Waals surface area contributed by atoms with Gasteiger partial charge in [0.05, 0.1) is 5.69 Å². The van der Waals surface area contributed by atoms with Crippen LogP contribution in [-0.4, -0.2) is 43.1 Å². The smallest absolute Gasteiger partial charge is 0.165 e. The van der Waals surface area contributed by atoms with E-state index in [0.29, 0.717) is 11.4 Å². The first-order chi connectivity index (χ1) is 8.98. The Labute approximate surface area is 114 Å². The molecule has 1 fully saturated rings. The fourth-order valence-electron chi connectivity index (χ4n) is 2.62. The molecule has 0 aliphatic heterocycles. The summed E-state index contributed by atoms with van der Waals surface area (Å²) in [7, 11) is 6.28.